The first-order chi connectivity index (χ1) is 17.6. The molecule has 0 saturated carbocycles. The number of nitrogens with zero attached hydrogens (tertiary/aromatic N) is 3. The Morgan fingerprint density at radius 2 is 1.81 bits per heavy atom. The lowest BCUT2D eigenvalue weighted by Crippen LogP contribution is -2.52. The van der Waals surface area contributed by atoms with Gasteiger partial charge in [-0.1, -0.05) is 36.4 Å². The Labute approximate surface area is 211 Å². The normalized spacial score (nSPS) is 22.8. The molecule has 2 aromatic rings. The topological polar surface area (TPSA) is 101 Å². The maximum Gasteiger partial charge on any atom is 0.162 e. The van der Waals surface area contributed by atoms with Crippen LogP contribution in [0, 0.1) is 11.3 Å². The van der Waals surface area contributed by atoms with Gasteiger partial charge in [0, 0.05) is 42.4 Å². The number of Topliss-reactive ketones (excluding diaryl/α,β-unsaturated/α-hetero) is 1. The van der Waals surface area contributed by atoms with E-state index >= 15 is 0 Å². The summed E-state index contributed by atoms with van der Waals surface area (Å²) in [5.74, 6) is 0.951. The predicted octanol–water partition coefficient (Wildman–Crippen LogP) is 3.44. The number of ketones is 1. The Morgan fingerprint density at radius 1 is 1.06 bits per heavy atom. The first-order valence-corrected chi connectivity index (χ1v) is 12.1. The molecule has 1 fully saturated rings. The summed E-state index contributed by atoms with van der Waals surface area (Å²) in [7, 11) is 3.16. The van der Waals surface area contributed by atoms with Crippen molar-refractivity contribution in [2.75, 3.05) is 40.5 Å². The van der Waals surface area contributed by atoms with Crippen LogP contribution < -0.4 is 15.2 Å². The number of hydrogen-bond acceptors (Lipinski definition) is 8. The van der Waals surface area contributed by atoms with Gasteiger partial charge in [0.05, 0.1) is 45.0 Å². The summed E-state index contributed by atoms with van der Waals surface area (Å²) >= 11 is 0. The number of carbonyl (C=O) groups excluding carboxylic acids is 1. The van der Waals surface area contributed by atoms with Crippen LogP contribution in [-0.2, 0) is 9.53 Å². The molecule has 5 rings (SSSR count). The molecule has 1 saturated heterocycles. The van der Waals surface area contributed by atoms with Crippen LogP contribution in [-0.4, -0.2) is 56.3 Å². The molecule has 2 aromatic carbocycles. The second-order valence-corrected chi connectivity index (χ2v) is 9.13. The highest BCUT2D eigenvalue weighted by atomic mass is 16.5. The van der Waals surface area contributed by atoms with Crippen molar-refractivity contribution in [1.82, 2.24) is 10.0 Å². The van der Waals surface area contributed by atoms with E-state index in [2.05, 4.69) is 23.2 Å². The van der Waals surface area contributed by atoms with E-state index in [4.69, 9.17) is 19.9 Å². The van der Waals surface area contributed by atoms with E-state index in [9.17, 15) is 10.1 Å². The average Bonchev–Trinajstić information content (AvgIpc) is 2.93. The molecule has 2 heterocycles. The second kappa shape index (κ2) is 10.1. The highest BCUT2D eigenvalue weighted by Gasteiger charge is 2.45. The number of methoxy groups -OCH3 is 2. The number of hydrogen-bond donors (Lipinski definition) is 1. The highest BCUT2D eigenvalue weighted by Crippen LogP contribution is 2.50. The molecule has 0 bridgehead atoms. The van der Waals surface area contributed by atoms with Crippen molar-refractivity contribution in [2.45, 2.75) is 24.7 Å². The van der Waals surface area contributed by atoms with Gasteiger partial charge in [-0.25, -0.2) is 5.01 Å². The van der Waals surface area contributed by atoms with Crippen LogP contribution in [0.1, 0.15) is 35.8 Å². The first-order valence-electron chi connectivity index (χ1n) is 12.1. The van der Waals surface area contributed by atoms with Gasteiger partial charge in [0.15, 0.2) is 5.78 Å². The third-order valence-corrected chi connectivity index (χ3v) is 7.23. The lowest BCUT2D eigenvalue weighted by Gasteiger charge is -2.47. The van der Waals surface area contributed by atoms with Crippen LogP contribution in [0.15, 0.2) is 71.2 Å². The molecule has 186 valence electrons. The van der Waals surface area contributed by atoms with Crippen LogP contribution in [0.2, 0.25) is 0 Å². The summed E-state index contributed by atoms with van der Waals surface area (Å²) in [6.45, 7) is 2.36. The second-order valence-electron chi connectivity index (χ2n) is 9.13. The number of nitriles is 1. The number of ether oxygens (including phenoxy) is 3. The Balaban J connectivity index is 1.69. The van der Waals surface area contributed by atoms with Gasteiger partial charge >= 0.3 is 0 Å². The molecule has 0 amide bonds. The highest BCUT2D eigenvalue weighted by molar-refractivity contribution is 6.00. The number of morpholine rings is 1. The summed E-state index contributed by atoms with van der Waals surface area (Å²) in [5, 5.41) is 14.3. The van der Waals surface area contributed by atoms with Crippen molar-refractivity contribution >= 4 is 5.78 Å². The fourth-order valence-electron chi connectivity index (χ4n) is 5.52. The summed E-state index contributed by atoms with van der Waals surface area (Å²) in [6, 6.07) is 17.9. The Kier molecular flexibility index (Phi) is 6.68. The van der Waals surface area contributed by atoms with Crippen LogP contribution in [0.5, 0.6) is 11.5 Å². The van der Waals surface area contributed by atoms with Crippen LogP contribution in [0.3, 0.4) is 0 Å². The smallest absolute Gasteiger partial charge is 0.162 e. The molecule has 0 aromatic heterocycles. The zero-order chi connectivity index (χ0) is 25.2. The molecular formula is C28H30N4O4. The lowest BCUT2D eigenvalue weighted by atomic mass is 9.72. The van der Waals surface area contributed by atoms with E-state index in [0.29, 0.717) is 67.6 Å². The van der Waals surface area contributed by atoms with E-state index in [0.717, 1.165) is 16.8 Å². The average molecular weight is 487 g/mol. The molecule has 1 aliphatic carbocycles. The standard InChI is InChI=1S/C28H30N4O4/c1-34-20-8-9-21(25(16-20)35-2)26-22(17-29)28(30)32(31-10-12-36-13-11-31)23-14-19(15-24(33)27(23)26)18-6-4-3-5-7-18/h3-9,16,19,26H,10-15,30H2,1-2H3. The van der Waals surface area contributed by atoms with E-state index in [1.807, 2.05) is 35.3 Å². The van der Waals surface area contributed by atoms with E-state index < -0.39 is 5.92 Å². The number of nitrogens with two attached hydrogens (primary N) is 1. The number of rotatable bonds is 5. The van der Waals surface area contributed by atoms with Gasteiger partial charge < -0.3 is 19.9 Å². The molecule has 2 N–H and O–H groups in total. The first kappa shape index (κ1) is 23.9. The minimum atomic E-state index is -0.618. The SMILES string of the molecule is COc1ccc(C2C(C#N)=C(N)N(N3CCOCC3)C3=C2C(=O)CC(c2ccccc2)C3)c(OC)c1. The molecule has 36 heavy (non-hydrogen) atoms. The molecule has 2 atom stereocenters. The summed E-state index contributed by atoms with van der Waals surface area (Å²) in [6.07, 6.45) is 1.00. The zero-order valence-corrected chi connectivity index (χ0v) is 20.6. The van der Waals surface area contributed by atoms with E-state index in [-0.39, 0.29) is 11.7 Å². The number of carbonyl (C=O) groups is 1. The van der Waals surface area contributed by atoms with Gasteiger partial charge in [0.2, 0.25) is 0 Å². The molecule has 8 heteroatoms. The maximum absolute atomic E-state index is 13.9. The largest absolute Gasteiger partial charge is 0.497 e. The fraction of sp³-hybridized carbons (Fsp3) is 0.357. The molecule has 8 nitrogen and oxygen atoms in total. The van der Waals surface area contributed by atoms with E-state index in [1.54, 1.807) is 20.3 Å². The van der Waals surface area contributed by atoms with Crippen molar-refractivity contribution in [2.24, 2.45) is 5.73 Å². The fourth-order valence-corrected chi connectivity index (χ4v) is 5.52. The van der Waals surface area contributed by atoms with Crippen molar-refractivity contribution in [3.05, 3.63) is 82.3 Å². The number of benzene rings is 2. The van der Waals surface area contributed by atoms with Crippen LogP contribution >= 0.6 is 0 Å². The summed E-state index contributed by atoms with van der Waals surface area (Å²) in [5.41, 5.74) is 10.4. The van der Waals surface area contributed by atoms with Gasteiger partial charge in [0.1, 0.15) is 17.3 Å². The number of allylic oxidation sites excluding steroid dienone is 3. The van der Waals surface area contributed by atoms with Crippen LogP contribution in [0.25, 0.3) is 0 Å². The Bertz CT molecular complexity index is 1260. The molecule has 0 spiro atoms. The molecule has 2 aliphatic heterocycles. The molecule has 2 unspecified atom stereocenters. The monoisotopic (exact) mass is 486 g/mol. The number of hydrazine groups is 1. The third kappa shape index (κ3) is 4.11. The van der Waals surface area contributed by atoms with Gasteiger partial charge in [-0.2, -0.15) is 5.26 Å². The summed E-state index contributed by atoms with van der Waals surface area (Å²) in [4.78, 5) is 13.9. The Morgan fingerprint density at radius 3 is 2.47 bits per heavy atom. The molecule has 3 aliphatic rings. The zero-order valence-electron chi connectivity index (χ0n) is 20.6. The van der Waals surface area contributed by atoms with Crippen LogP contribution in [0.4, 0.5) is 0 Å². The van der Waals surface area contributed by atoms with E-state index in [1.165, 1.54) is 0 Å². The van der Waals surface area contributed by atoms with Crippen molar-refractivity contribution in [3.63, 3.8) is 0 Å². The molecular weight excluding hydrogens is 456 g/mol. The predicted molar refractivity (Wildman–Crippen MR) is 134 cm³/mol. The van der Waals surface area contributed by atoms with Crippen molar-refractivity contribution < 1.29 is 19.0 Å². The van der Waals surface area contributed by atoms with Gasteiger partial charge in [-0.15, -0.1) is 0 Å². The maximum atomic E-state index is 13.9. The minimum absolute atomic E-state index is 0.0199. The van der Waals surface area contributed by atoms with Gasteiger partial charge in [-0.05, 0) is 24.0 Å². The quantitative estimate of drug-likeness (QED) is 0.686. The van der Waals surface area contributed by atoms with Crippen molar-refractivity contribution in [1.29, 1.82) is 5.26 Å². The van der Waals surface area contributed by atoms with Gasteiger partial charge in [0.25, 0.3) is 0 Å². The van der Waals surface area contributed by atoms with Crippen molar-refractivity contribution in [3.8, 4) is 17.6 Å². The summed E-state index contributed by atoms with van der Waals surface area (Å²) < 4.78 is 16.6. The van der Waals surface area contributed by atoms with Gasteiger partial charge in [-0.3, -0.25) is 9.80 Å². The lowest BCUT2D eigenvalue weighted by molar-refractivity contribution is -0.117. The molecule has 0 radical (unpaired) electrons. The minimum Gasteiger partial charge on any atom is -0.497 e. The third-order valence-electron chi connectivity index (χ3n) is 7.23. The Hall–Kier alpha value is -3.80.